The van der Waals surface area contributed by atoms with E-state index in [-0.39, 0.29) is 34.9 Å². The molecule has 3 aromatic rings. The first-order valence-corrected chi connectivity index (χ1v) is 11.1. The van der Waals surface area contributed by atoms with Crippen LogP contribution in [0.25, 0.3) is 6.08 Å². The van der Waals surface area contributed by atoms with Crippen LogP contribution < -0.4 is 19.5 Å². The highest BCUT2D eigenvalue weighted by Gasteiger charge is 2.17. The van der Waals surface area contributed by atoms with Crippen LogP contribution in [0.15, 0.2) is 72.3 Å². The molecule has 9 heteroatoms. The first-order chi connectivity index (χ1) is 17.9. The maximum atomic E-state index is 12.8. The summed E-state index contributed by atoms with van der Waals surface area (Å²) in [7, 11) is 2.76. The second-order valence-electron chi connectivity index (χ2n) is 7.42. The monoisotopic (exact) mass is 500 g/mol. The summed E-state index contributed by atoms with van der Waals surface area (Å²) >= 11 is 0. The number of nitrogens with zero attached hydrogens (tertiary/aromatic N) is 1. The summed E-state index contributed by atoms with van der Waals surface area (Å²) in [5, 5.41) is 12.2. The smallest absolute Gasteiger partial charge is 0.343 e. The molecule has 0 spiro atoms. The standard InChI is InChI=1S/C28H24N2O7/c1-4-36-25-16-18(9-14-24(25)37-27(32)19-10-12-21(34-2)13-11-19)15-20(17-29)26(31)30-23-8-6-5-7-22(23)28(33)35-3/h5-16H,4H2,1-3H3,(H,30,31). The number of nitrogens with one attached hydrogen (secondary N) is 1. The van der Waals surface area contributed by atoms with Crippen molar-refractivity contribution in [3.05, 3.63) is 89.0 Å². The molecule has 9 nitrogen and oxygen atoms in total. The van der Waals surface area contributed by atoms with Crippen molar-refractivity contribution in [2.75, 3.05) is 26.1 Å². The summed E-state index contributed by atoms with van der Waals surface area (Å²) in [4.78, 5) is 37.3. The zero-order chi connectivity index (χ0) is 26.8. The molecule has 0 saturated heterocycles. The third kappa shape index (κ3) is 6.74. The molecule has 3 rings (SSSR count). The number of nitriles is 1. The Balaban J connectivity index is 1.83. The Kier molecular flexibility index (Phi) is 9.00. The van der Waals surface area contributed by atoms with Crippen molar-refractivity contribution in [2.24, 2.45) is 0 Å². The third-order valence-electron chi connectivity index (χ3n) is 5.05. The van der Waals surface area contributed by atoms with E-state index in [1.54, 1.807) is 55.5 Å². The molecular formula is C28H24N2O7. The van der Waals surface area contributed by atoms with E-state index in [0.717, 1.165) is 0 Å². The van der Waals surface area contributed by atoms with Gasteiger partial charge >= 0.3 is 11.9 Å². The van der Waals surface area contributed by atoms with Crippen LogP contribution in [-0.4, -0.2) is 38.7 Å². The van der Waals surface area contributed by atoms with Crippen molar-refractivity contribution in [2.45, 2.75) is 6.92 Å². The number of hydrogen-bond donors (Lipinski definition) is 1. The van der Waals surface area contributed by atoms with Gasteiger partial charge in [0.25, 0.3) is 5.91 Å². The number of hydrogen-bond acceptors (Lipinski definition) is 8. The van der Waals surface area contributed by atoms with E-state index >= 15 is 0 Å². The molecule has 37 heavy (non-hydrogen) atoms. The van der Waals surface area contributed by atoms with E-state index in [2.05, 4.69) is 5.32 Å². The van der Waals surface area contributed by atoms with Gasteiger partial charge in [-0.2, -0.15) is 5.26 Å². The summed E-state index contributed by atoms with van der Waals surface area (Å²) in [6.07, 6.45) is 1.35. The van der Waals surface area contributed by atoms with Crippen molar-refractivity contribution in [3.63, 3.8) is 0 Å². The number of esters is 2. The van der Waals surface area contributed by atoms with Crippen LogP contribution in [0.3, 0.4) is 0 Å². The van der Waals surface area contributed by atoms with Crippen LogP contribution in [-0.2, 0) is 9.53 Å². The molecule has 0 heterocycles. The Hall–Kier alpha value is -5.10. The first kappa shape index (κ1) is 26.5. The maximum Gasteiger partial charge on any atom is 0.343 e. The maximum absolute atomic E-state index is 12.8. The number of ether oxygens (including phenoxy) is 4. The van der Waals surface area contributed by atoms with Crippen LogP contribution in [0, 0.1) is 11.3 Å². The molecular weight excluding hydrogens is 476 g/mol. The summed E-state index contributed by atoms with van der Waals surface area (Å²) in [6, 6.07) is 19.2. The minimum atomic E-state index is -0.716. The lowest BCUT2D eigenvalue weighted by molar-refractivity contribution is -0.112. The van der Waals surface area contributed by atoms with Crippen LogP contribution in [0.2, 0.25) is 0 Å². The summed E-state index contributed by atoms with van der Waals surface area (Å²) in [5.74, 6) is -0.893. The molecule has 0 fully saturated rings. The van der Waals surface area contributed by atoms with Gasteiger partial charge in [-0.3, -0.25) is 4.79 Å². The quantitative estimate of drug-likeness (QED) is 0.195. The van der Waals surface area contributed by atoms with Gasteiger partial charge in [0, 0.05) is 0 Å². The molecule has 0 aromatic heterocycles. The van der Waals surface area contributed by atoms with Gasteiger partial charge in [0.1, 0.15) is 17.4 Å². The Bertz CT molecular complexity index is 1370. The molecule has 3 aromatic carbocycles. The average Bonchev–Trinajstić information content (AvgIpc) is 2.92. The Morgan fingerprint density at radius 2 is 1.68 bits per heavy atom. The molecule has 0 atom stereocenters. The van der Waals surface area contributed by atoms with Gasteiger partial charge in [0.15, 0.2) is 11.5 Å². The van der Waals surface area contributed by atoms with Gasteiger partial charge in [-0.15, -0.1) is 0 Å². The molecule has 0 saturated carbocycles. The molecule has 0 aliphatic carbocycles. The topological polar surface area (TPSA) is 124 Å². The van der Waals surface area contributed by atoms with Crippen molar-refractivity contribution in [1.29, 1.82) is 5.26 Å². The van der Waals surface area contributed by atoms with E-state index < -0.39 is 17.8 Å². The van der Waals surface area contributed by atoms with Crippen molar-refractivity contribution < 1.29 is 33.3 Å². The number of amides is 1. The number of para-hydroxylation sites is 1. The fraction of sp³-hybridized carbons (Fsp3) is 0.143. The van der Waals surface area contributed by atoms with Gasteiger partial charge in [0.2, 0.25) is 0 Å². The zero-order valence-electron chi connectivity index (χ0n) is 20.4. The van der Waals surface area contributed by atoms with Crippen molar-refractivity contribution in [3.8, 4) is 23.3 Å². The van der Waals surface area contributed by atoms with Crippen molar-refractivity contribution in [1.82, 2.24) is 0 Å². The van der Waals surface area contributed by atoms with E-state index in [9.17, 15) is 19.6 Å². The third-order valence-corrected chi connectivity index (χ3v) is 5.05. The van der Waals surface area contributed by atoms with Gasteiger partial charge in [-0.1, -0.05) is 18.2 Å². The summed E-state index contributed by atoms with van der Waals surface area (Å²) < 4.78 is 20.9. The van der Waals surface area contributed by atoms with Gasteiger partial charge in [-0.05, 0) is 67.1 Å². The Morgan fingerprint density at radius 1 is 0.946 bits per heavy atom. The first-order valence-electron chi connectivity index (χ1n) is 11.1. The second kappa shape index (κ2) is 12.6. The second-order valence-corrected chi connectivity index (χ2v) is 7.42. The molecule has 1 N–H and O–H groups in total. The fourth-order valence-corrected chi connectivity index (χ4v) is 3.24. The highest BCUT2D eigenvalue weighted by Crippen LogP contribution is 2.30. The minimum Gasteiger partial charge on any atom is -0.497 e. The molecule has 0 unspecified atom stereocenters. The Morgan fingerprint density at radius 3 is 2.32 bits per heavy atom. The molecule has 0 radical (unpaired) electrons. The predicted molar refractivity (Wildman–Crippen MR) is 136 cm³/mol. The number of anilines is 1. The largest absolute Gasteiger partial charge is 0.497 e. The van der Waals surface area contributed by atoms with Gasteiger partial charge in [0.05, 0.1) is 37.6 Å². The van der Waals surface area contributed by atoms with Crippen LogP contribution in [0.4, 0.5) is 5.69 Å². The lowest BCUT2D eigenvalue weighted by Crippen LogP contribution is -2.16. The van der Waals surface area contributed by atoms with Crippen molar-refractivity contribution >= 4 is 29.6 Å². The number of rotatable bonds is 9. The van der Waals surface area contributed by atoms with Crippen LogP contribution in [0.1, 0.15) is 33.2 Å². The number of carbonyl (C=O) groups excluding carboxylic acids is 3. The average molecular weight is 501 g/mol. The zero-order valence-corrected chi connectivity index (χ0v) is 20.4. The normalized spacial score (nSPS) is 10.6. The number of carbonyl (C=O) groups is 3. The molecule has 0 bridgehead atoms. The molecule has 1 amide bonds. The van der Waals surface area contributed by atoms with E-state index in [1.165, 1.54) is 38.5 Å². The minimum absolute atomic E-state index is 0.150. The fourth-order valence-electron chi connectivity index (χ4n) is 3.24. The SMILES string of the molecule is CCOc1cc(C=C(C#N)C(=O)Nc2ccccc2C(=O)OC)ccc1OC(=O)c1ccc(OC)cc1. The lowest BCUT2D eigenvalue weighted by Gasteiger charge is -2.12. The highest BCUT2D eigenvalue weighted by atomic mass is 16.6. The van der Waals surface area contributed by atoms with E-state index in [0.29, 0.717) is 16.9 Å². The Labute approximate surface area is 213 Å². The molecule has 188 valence electrons. The van der Waals surface area contributed by atoms with E-state index in [4.69, 9.17) is 18.9 Å². The number of methoxy groups -OCH3 is 2. The molecule has 0 aliphatic heterocycles. The van der Waals surface area contributed by atoms with Gasteiger partial charge < -0.3 is 24.3 Å². The highest BCUT2D eigenvalue weighted by molar-refractivity contribution is 6.12. The predicted octanol–water partition coefficient (Wildman–Crippen LogP) is 4.65. The number of benzene rings is 3. The van der Waals surface area contributed by atoms with Crippen LogP contribution >= 0.6 is 0 Å². The van der Waals surface area contributed by atoms with Crippen LogP contribution in [0.5, 0.6) is 17.2 Å². The molecule has 0 aliphatic rings. The van der Waals surface area contributed by atoms with E-state index in [1.807, 2.05) is 6.07 Å². The summed E-state index contributed by atoms with van der Waals surface area (Å²) in [6.45, 7) is 2.06. The summed E-state index contributed by atoms with van der Waals surface area (Å²) in [5.41, 5.74) is 0.919. The lowest BCUT2D eigenvalue weighted by atomic mass is 10.1. The van der Waals surface area contributed by atoms with Gasteiger partial charge in [-0.25, -0.2) is 9.59 Å².